The lowest BCUT2D eigenvalue weighted by Crippen LogP contribution is -2.56. The van der Waals surface area contributed by atoms with Gasteiger partial charge in [-0.3, -0.25) is 9.69 Å². The fourth-order valence-corrected chi connectivity index (χ4v) is 4.55. The van der Waals surface area contributed by atoms with Gasteiger partial charge in [-0.05, 0) is 32.3 Å². The summed E-state index contributed by atoms with van der Waals surface area (Å²) in [7, 11) is 0. The van der Waals surface area contributed by atoms with E-state index in [1.165, 1.54) is 19.3 Å². The van der Waals surface area contributed by atoms with Gasteiger partial charge in [0.2, 0.25) is 0 Å². The first-order chi connectivity index (χ1) is 11.6. The molecule has 1 aromatic rings. The molecule has 4 heteroatoms. The van der Waals surface area contributed by atoms with Gasteiger partial charge in [0.25, 0.3) is 0 Å². The van der Waals surface area contributed by atoms with Crippen LogP contribution in [0.25, 0.3) is 0 Å². The van der Waals surface area contributed by atoms with Crippen molar-refractivity contribution in [1.29, 1.82) is 0 Å². The van der Waals surface area contributed by atoms with Crippen molar-refractivity contribution in [3.05, 3.63) is 35.9 Å². The van der Waals surface area contributed by atoms with E-state index in [1.807, 2.05) is 30.3 Å². The minimum Gasteiger partial charge on any atom is -0.462 e. The van der Waals surface area contributed by atoms with E-state index in [-0.39, 0.29) is 18.7 Å². The summed E-state index contributed by atoms with van der Waals surface area (Å²) < 4.78 is 5.84. The molecule has 0 spiro atoms. The van der Waals surface area contributed by atoms with E-state index in [0.717, 1.165) is 18.4 Å². The monoisotopic (exact) mass is 331 g/mol. The molecule has 1 N–H and O–H groups in total. The molecule has 2 bridgehead atoms. The summed E-state index contributed by atoms with van der Waals surface area (Å²) in [5, 5.41) is 9.65. The number of fused-ring (bicyclic) bond motifs is 2. The number of carbonyl (C=O) groups is 1. The van der Waals surface area contributed by atoms with Gasteiger partial charge in [0.15, 0.2) is 0 Å². The van der Waals surface area contributed by atoms with Gasteiger partial charge in [0, 0.05) is 31.0 Å². The second-order valence-corrected chi connectivity index (χ2v) is 7.46. The zero-order chi connectivity index (χ0) is 17.1. The van der Waals surface area contributed by atoms with E-state index < -0.39 is 5.92 Å². The molecule has 2 aliphatic rings. The van der Waals surface area contributed by atoms with Crippen LogP contribution >= 0.6 is 0 Å². The number of ether oxygens (including phenoxy) is 1. The highest BCUT2D eigenvalue weighted by Crippen LogP contribution is 2.37. The SMILES string of the molecule is CC(C)N1[C@@H]2CCC[C@@H]1CC(OC(=O)[C@@H](CO)c1ccccc1)C2. The van der Waals surface area contributed by atoms with Crippen LogP contribution in [0.15, 0.2) is 30.3 Å². The quantitative estimate of drug-likeness (QED) is 0.842. The van der Waals surface area contributed by atoms with Crippen LogP contribution in [0.3, 0.4) is 0 Å². The molecule has 3 atom stereocenters. The van der Waals surface area contributed by atoms with Crippen molar-refractivity contribution in [3.8, 4) is 0 Å². The molecule has 1 aromatic carbocycles. The van der Waals surface area contributed by atoms with Gasteiger partial charge in [-0.25, -0.2) is 0 Å². The summed E-state index contributed by atoms with van der Waals surface area (Å²) in [6.07, 6.45) is 5.51. The van der Waals surface area contributed by atoms with Crippen LogP contribution in [0, 0.1) is 0 Å². The molecule has 0 saturated carbocycles. The number of aliphatic hydroxyl groups is 1. The molecule has 2 heterocycles. The lowest BCUT2D eigenvalue weighted by Gasteiger charge is -2.50. The molecule has 0 aromatic heterocycles. The number of esters is 1. The number of aliphatic hydroxyl groups excluding tert-OH is 1. The Morgan fingerprint density at radius 3 is 2.38 bits per heavy atom. The average Bonchev–Trinajstić information content (AvgIpc) is 2.55. The molecule has 0 aliphatic carbocycles. The van der Waals surface area contributed by atoms with Crippen molar-refractivity contribution in [3.63, 3.8) is 0 Å². The first-order valence-electron chi connectivity index (χ1n) is 9.24. The lowest BCUT2D eigenvalue weighted by molar-refractivity contribution is -0.158. The number of nitrogens with zero attached hydrogens (tertiary/aromatic N) is 1. The predicted molar refractivity (Wildman–Crippen MR) is 93.8 cm³/mol. The Labute approximate surface area is 144 Å². The summed E-state index contributed by atoms with van der Waals surface area (Å²) >= 11 is 0. The molecular weight excluding hydrogens is 302 g/mol. The molecule has 24 heavy (non-hydrogen) atoms. The maximum atomic E-state index is 12.6. The highest BCUT2D eigenvalue weighted by atomic mass is 16.5. The maximum Gasteiger partial charge on any atom is 0.316 e. The molecule has 0 amide bonds. The van der Waals surface area contributed by atoms with Gasteiger partial charge >= 0.3 is 5.97 Å². The van der Waals surface area contributed by atoms with Crippen LogP contribution in [-0.2, 0) is 9.53 Å². The molecule has 2 aliphatic heterocycles. The Kier molecular flexibility index (Phi) is 5.57. The van der Waals surface area contributed by atoms with Crippen molar-refractivity contribution in [2.75, 3.05) is 6.61 Å². The lowest BCUT2D eigenvalue weighted by atomic mass is 9.82. The topological polar surface area (TPSA) is 49.8 Å². The molecular formula is C20H29NO3. The van der Waals surface area contributed by atoms with Gasteiger partial charge in [0.1, 0.15) is 12.0 Å². The smallest absolute Gasteiger partial charge is 0.316 e. The van der Waals surface area contributed by atoms with Crippen LogP contribution in [0.2, 0.25) is 0 Å². The maximum absolute atomic E-state index is 12.6. The van der Waals surface area contributed by atoms with Crippen LogP contribution < -0.4 is 0 Å². The van der Waals surface area contributed by atoms with Gasteiger partial charge in [-0.1, -0.05) is 36.8 Å². The summed E-state index contributed by atoms with van der Waals surface area (Å²) in [6, 6.07) is 11.0. The Morgan fingerprint density at radius 1 is 1.21 bits per heavy atom. The van der Waals surface area contributed by atoms with Gasteiger partial charge in [-0.15, -0.1) is 0 Å². The van der Waals surface area contributed by atoms with E-state index in [2.05, 4.69) is 18.7 Å². The van der Waals surface area contributed by atoms with E-state index >= 15 is 0 Å². The van der Waals surface area contributed by atoms with Crippen LogP contribution in [0.1, 0.15) is 57.4 Å². The van der Waals surface area contributed by atoms with Gasteiger partial charge < -0.3 is 9.84 Å². The third-order valence-electron chi connectivity index (χ3n) is 5.54. The van der Waals surface area contributed by atoms with E-state index in [0.29, 0.717) is 18.1 Å². The minimum absolute atomic E-state index is 0.0134. The molecule has 132 valence electrons. The van der Waals surface area contributed by atoms with Crippen molar-refractivity contribution in [1.82, 2.24) is 4.90 Å². The van der Waals surface area contributed by atoms with Crippen LogP contribution in [0.5, 0.6) is 0 Å². The second-order valence-electron chi connectivity index (χ2n) is 7.46. The Balaban J connectivity index is 1.65. The standard InChI is InChI=1S/C20H29NO3/c1-14(2)21-16-9-6-10-17(21)12-18(11-16)24-20(23)19(13-22)15-7-4-3-5-8-15/h3-5,7-8,14,16-19,22H,6,9-13H2,1-2H3/t16-,17-,19+/m1/s1. The second kappa shape index (κ2) is 7.66. The van der Waals surface area contributed by atoms with Gasteiger partial charge in [-0.2, -0.15) is 0 Å². The Hall–Kier alpha value is -1.39. The van der Waals surface area contributed by atoms with Crippen molar-refractivity contribution >= 4 is 5.97 Å². The van der Waals surface area contributed by atoms with Crippen molar-refractivity contribution in [2.45, 2.75) is 76.1 Å². The predicted octanol–water partition coefficient (Wildman–Crippen LogP) is 3.10. The largest absolute Gasteiger partial charge is 0.462 e. The first-order valence-corrected chi connectivity index (χ1v) is 9.24. The zero-order valence-corrected chi connectivity index (χ0v) is 14.7. The van der Waals surface area contributed by atoms with Crippen LogP contribution in [-0.4, -0.2) is 46.8 Å². The van der Waals surface area contributed by atoms with Crippen molar-refractivity contribution < 1.29 is 14.6 Å². The average molecular weight is 331 g/mol. The summed E-state index contributed by atoms with van der Waals surface area (Å²) in [4.78, 5) is 15.2. The molecule has 0 unspecified atom stereocenters. The van der Waals surface area contributed by atoms with E-state index in [4.69, 9.17) is 4.74 Å². The summed E-state index contributed by atoms with van der Waals surface area (Å²) in [5.41, 5.74) is 0.824. The Morgan fingerprint density at radius 2 is 1.83 bits per heavy atom. The molecule has 4 nitrogen and oxygen atoms in total. The summed E-state index contributed by atoms with van der Waals surface area (Å²) in [5.74, 6) is -0.862. The normalized spacial score (nSPS) is 28.6. The van der Waals surface area contributed by atoms with E-state index in [9.17, 15) is 9.90 Å². The van der Waals surface area contributed by atoms with E-state index in [1.54, 1.807) is 0 Å². The molecule has 2 saturated heterocycles. The highest BCUT2D eigenvalue weighted by Gasteiger charge is 2.41. The fraction of sp³-hybridized carbons (Fsp3) is 0.650. The third kappa shape index (κ3) is 3.65. The Bertz CT molecular complexity index is 531. The summed E-state index contributed by atoms with van der Waals surface area (Å²) in [6.45, 7) is 4.31. The minimum atomic E-state index is -0.575. The highest BCUT2D eigenvalue weighted by molar-refractivity contribution is 5.78. The molecule has 0 radical (unpaired) electrons. The number of piperidine rings is 2. The first kappa shape index (κ1) is 17.4. The fourth-order valence-electron chi connectivity index (χ4n) is 4.55. The number of benzene rings is 1. The van der Waals surface area contributed by atoms with Gasteiger partial charge in [0.05, 0.1) is 6.61 Å². The third-order valence-corrected chi connectivity index (χ3v) is 5.54. The number of hydrogen-bond acceptors (Lipinski definition) is 4. The van der Waals surface area contributed by atoms with Crippen molar-refractivity contribution in [2.24, 2.45) is 0 Å². The van der Waals surface area contributed by atoms with Crippen LogP contribution in [0.4, 0.5) is 0 Å². The number of carbonyl (C=O) groups excluding carboxylic acids is 1. The molecule has 2 fully saturated rings. The molecule has 3 rings (SSSR count). The zero-order valence-electron chi connectivity index (χ0n) is 14.7. The number of hydrogen-bond donors (Lipinski definition) is 1. The number of rotatable bonds is 5.